The zero-order valence-electron chi connectivity index (χ0n) is 6.42. The molecular formula is C6H3ClF3N2O2-. The molecule has 0 radical (unpaired) electrons. The number of aromatic carboxylic acids is 1. The maximum atomic E-state index is 12.0. The molecule has 1 aromatic heterocycles. The molecule has 0 bridgehead atoms. The summed E-state index contributed by atoms with van der Waals surface area (Å²) in [5, 5.41) is 8.33. The molecule has 78 valence electrons. The lowest BCUT2D eigenvalue weighted by atomic mass is 10.3. The van der Waals surface area contributed by atoms with Crippen LogP contribution in [0, 0.1) is 0 Å². The average Bonchev–Trinajstić information content (AvgIpc) is 2.03. The molecule has 0 aliphatic heterocycles. The second kappa shape index (κ2) is 4.23. The molecule has 0 aliphatic rings. The van der Waals surface area contributed by atoms with E-state index in [1.54, 1.807) is 0 Å². The molecule has 1 rings (SSSR count). The fraction of sp³-hybridized carbons (Fsp3) is 0.167. The fourth-order valence-electron chi connectivity index (χ4n) is 0.702. The number of carboxylic acids is 1. The van der Waals surface area contributed by atoms with Gasteiger partial charge in [0, 0.05) is 12.4 Å². The topological polar surface area (TPSA) is 63.1 Å². The molecule has 1 aromatic rings. The minimum absolute atomic E-state index is 0. The Morgan fingerprint density at radius 1 is 1.29 bits per heavy atom. The number of hydrogen-bond donors (Lipinski definition) is 1. The van der Waals surface area contributed by atoms with Gasteiger partial charge in [0.2, 0.25) is 0 Å². The van der Waals surface area contributed by atoms with E-state index < -0.39 is 23.5 Å². The predicted octanol–water partition coefficient (Wildman–Crippen LogP) is -1.80. The van der Waals surface area contributed by atoms with E-state index in [1.165, 1.54) is 0 Å². The number of halogens is 4. The van der Waals surface area contributed by atoms with Crippen molar-refractivity contribution in [3.63, 3.8) is 0 Å². The first kappa shape index (κ1) is 12.6. The van der Waals surface area contributed by atoms with Crippen molar-refractivity contribution in [2.24, 2.45) is 0 Å². The second-order valence-electron chi connectivity index (χ2n) is 2.06. The maximum Gasteiger partial charge on any atom is 0.435 e. The van der Waals surface area contributed by atoms with Gasteiger partial charge in [0.15, 0.2) is 11.4 Å². The summed E-state index contributed by atoms with van der Waals surface area (Å²) in [6, 6.07) is 0. The molecule has 4 nitrogen and oxygen atoms in total. The van der Waals surface area contributed by atoms with Crippen molar-refractivity contribution in [2.45, 2.75) is 6.18 Å². The van der Waals surface area contributed by atoms with Crippen LogP contribution in [0.5, 0.6) is 0 Å². The van der Waals surface area contributed by atoms with E-state index in [2.05, 4.69) is 9.97 Å². The Balaban J connectivity index is 0.00000169. The highest BCUT2D eigenvalue weighted by molar-refractivity contribution is 5.86. The minimum atomic E-state index is -4.79. The molecule has 1 heterocycles. The van der Waals surface area contributed by atoms with Gasteiger partial charge >= 0.3 is 12.1 Å². The predicted molar refractivity (Wildman–Crippen MR) is 34.0 cm³/mol. The molecule has 0 unspecified atom stereocenters. The van der Waals surface area contributed by atoms with Crippen LogP contribution in [0.2, 0.25) is 0 Å². The van der Waals surface area contributed by atoms with Crippen LogP contribution < -0.4 is 12.4 Å². The van der Waals surface area contributed by atoms with Gasteiger partial charge in [-0.2, -0.15) is 13.2 Å². The number of alkyl halides is 3. The van der Waals surface area contributed by atoms with Gasteiger partial charge in [-0.1, -0.05) is 0 Å². The van der Waals surface area contributed by atoms with Crippen LogP contribution in [-0.2, 0) is 6.18 Å². The van der Waals surface area contributed by atoms with Gasteiger partial charge in [-0.3, -0.25) is 0 Å². The van der Waals surface area contributed by atoms with Gasteiger partial charge in [0.1, 0.15) is 0 Å². The SMILES string of the molecule is O=C(O)c1nccnc1C(F)(F)F.[Cl-]. The Bertz CT molecular complexity index is 342. The zero-order valence-corrected chi connectivity index (χ0v) is 7.17. The monoisotopic (exact) mass is 227 g/mol. The van der Waals surface area contributed by atoms with Crippen LogP contribution in [0.15, 0.2) is 12.4 Å². The van der Waals surface area contributed by atoms with Gasteiger partial charge in [0.25, 0.3) is 0 Å². The van der Waals surface area contributed by atoms with E-state index >= 15 is 0 Å². The van der Waals surface area contributed by atoms with E-state index in [-0.39, 0.29) is 12.4 Å². The summed E-state index contributed by atoms with van der Waals surface area (Å²) in [5.74, 6) is -1.75. The first-order chi connectivity index (χ1) is 5.93. The number of hydrogen-bond acceptors (Lipinski definition) is 3. The third kappa shape index (κ3) is 2.56. The van der Waals surface area contributed by atoms with E-state index in [4.69, 9.17) is 5.11 Å². The Hall–Kier alpha value is -1.37. The molecule has 0 atom stereocenters. The van der Waals surface area contributed by atoms with Crippen molar-refractivity contribution in [1.82, 2.24) is 9.97 Å². The second-order valence-corrected chi connectivity index (χ2v) is 2.06. The Morgan fingerprint density at radius 2 is 1.79 bits per heavy atom. The van der Waals surface area contributed by atoms with Crippen molar-refractivity contribution >= 4 is 5.97 Å². The molecule has 0 aliphatic carbocycles. The lowest BCUT2D eigenvalue weighted by molar-refractivity contribution is -0.142. The van der Waals surface area contributed by atoms with E-state index in [0.29, 0.717) is 0 Å². The number of carboxylic acid groups (broad SMARTS) is 1. The van der Waals surface area contributed by atoms with Crippen molar-refractivity contribution in [3.8, 4) is 0 Å². The molecule has 0 aromatic carbocycles. The van der Waals surface area contributed by atoms with E-state index in [0.717, 1.165) is 12.4 Å². The summed E-state index contributed by atoms with van der Waals surface area (Å²) in [6.45, 7) is 0. The minimum Gasteiger partial charge on any atom is -1.00 e. The van der Waals surface area contributed by atoms with Crippen molar-refractivity contribution in [1.29, 1.82) is 0 Å². The normalized spacial score (nSPS) is 10.5. The van der Waals surface area contributed by atoms with Crippen LogP contribution in [0.1, 0.15) is 16.2 Å². The van der Waals surface area contributed by atoms with Crippen LogP contribution in [0.3, 0.4) is 0 Å². The lowest BCUT2D eigenvalue weighted by Crippen LogP contribution is -3.00. The summed E-state index contributed by atoms with van der Waals surface area (Å²) < 4.78 is 36.1. The maximum absolute atomic E-state index is 12.0. The summed E-state index contributed by atoms with van der Waals surface area (Å²) in [7, 11) is 0. The van der Waals surface area contributed by atoms with Crippen LogP contribution >= 0.6 is 0 Å². The summed E-state index contributed by atoms with van der Waals surface area (Å²) >= 11 is 0. The van der Waals surface area contributed by atoms with Gasteiger partial charge < -0.3 is 17.5 Å². The third-order valence-corrected chi connectivity index (χ3v) is 1.17. The van der Waals surface area contributed by atoms with E-state index in [1.807, 2.05) is 0 Å². The van der Waals surface area contributed by atoms with Crippen molar-refractivity contribution in [2.75, 3.05) is 0 Å². The highest BCUT2D eigenvalue weighted by atomic mass is 35.5. The Morgan fingerprint density at radius 3 is 2.14 bits per heavy atom. The first-order valence-corrected chi connectivity index (χ1v) is 3.04. The fourth-order valence-corrected chi connectivity index (χ4v) is 0.702. The van der Waals surface area contributed by atoms with Crippen LogP contribution in [0.25, 0.3) is 0 Å². The van der Waals surface area contributed by atoms with Gasteiger partial charge in [-0.05, 0) is 0 Å². The van der Waals surface area contributed by atoms with Gasteiger partial charge in [-0.15, -0.1) is 0 Å². The van der Waals surface area contributed by atoms with E-state index in [9.17, 15) is 18.0 Å². The third-order valence-electron chi connectivity index (χ3n) is 1.17. The number of carbonyl (C=O) groups is 1. The molecule has 0 spiro atoms. The number of rotatable bonds is 1. The summed E-state index contributed by atoms with van der Waals surface area (Å²) in [4.78, 5) is 16.2. The zero-order chi connectivity index (χ0) is 10.1. The highest BCUT2D eigenvalue weighted by Crippen LogP contribution is 2.28. The first-order valence-electron chi connectivity index (χ1n) is 3.04. The molecular weight excluding hydrogens is 225 g/mol. The molecule has 0 fully saturated rings. The summed E-state index contributed by atoms with van der Waals surface area (Å²) in [6.07, 6.45) is -3.12. The number of nitrogens with zero attached hydrogens (tertiary/aromatic N) is 2. The smallest absolute Gasteiger partial charge is 0.435 e. The van der Waals surface area contributed by atoms with Crippen LogP contribution in [0.4, 0.5) is 13.2 Å². The molecule has 1 N–H and O–H groups in total. The summed E-state index contributed by atoms with van der Waals surface area (Å²) in [5.41, 5.74) is -2.57. The number of aromatic nitrogens is 2. The van der Waals surface area contributed by atoms with Crippen molar-refractivity contribution in [3.05, 3.63) is 23.8 Å². The highest BCUT2D eigenvalue weighted by Gasteiger charge is 2.37. The largest absolute Gasteiger partial charge is 1.00 e. The van der Waals surface area contributed by atoms with Gasteiger partial charge in [0.05, 0.1) is 0 Å². The van der Waals surface area contributed by atoms with Crippen LogP contribution in [-0.4, -0.2) is 21.0 Å². The van der Waals surface area contributed by atoms with Crippen molar-refractivity contribution < 1.29 is 35.5 Å². The quantitative estimate of drug-likeness (QED) is 0.615. The van der Waals surface area contributed by atoms with Gasteiger partial charge in [-0.25, -0.2) is 14.8 Å². The Kier molecular flexibility index (Phi) is 3.81. The lowest BCUT2D eigenvalue weighted by Gasteiger charge is -2.06. The standard InChI is InChI=1S/C6H3F3N2O2.ClH/c7-6(8,9)4-3(5(12)13)10-1-2-11-4;/h1-2H,(H,12,13);1H/p-1. The molecule has 14 heavy (non-hydrogen) atoms. The molecule has 0 saturated heterocycles. The molecule has 0 saturated carbocycles. The Labute approximate surface area is 82.2 Å². The molecule has 0 amide bonds. The molecule has 8 heteroatoms. The average molecular weight is 228 g/mol.